The molecule has 0 saturated carbocycles. The fourth-order valence-electron chi connectivity index (χ4n) is 2.10. The van der Waals surface area contributed by atoms with Gasteiger partial charge in [0.15, 0.2) is 0 Å². The lowest BCUT2D eigenvalue weighted by molar-refractivity contribution is -0.120. The Labute approximate surface area is 148 Å². The molecule has 3 rings (SSSR count). The van der Waals surface area contributed by atoms with Gasteiger partial charge in [0.05, 0.1) is 12.6 Å². The molecule has 0 unspecified atom stereocenters. The van der Waals surface area contributed by atoms with Gasteiger partial charge in [-0.25, -0.2) is 5.43 Å². The van der Waals surface area contributed by atoms with Gasteiger partial charge in [0.2, 0.25) is 5.91 Å². The van der Waals surface area contributed by atoms with Crippen molar-refractivity contribution < 1.29 is 9.21 Å². The van der Waals surface area contributed by atoms with Gasteiger partial charge in [-0.1, -0.05) is 29.8 Å². The summed E-state index contributed by atoms with van der Waals surface area (Å²) < 4.78 is 5.70. The molecule has 0 fully saturated rings. The van der Waals surface area contributed by atoms with Crippen molar-refractivity contribution in [3.8, 4) is 11.3 Å². The molecule has 1 aromatic carbocycles. The molecule has 0 aliphatic carbocycles. The summed E-state index contributed by atoms with van der Waals surface area (Å²) in [7, 11) is 0. The molecule has 0 atom stereocenters. The van der Waals surface area contributed by atoms with Crippen LogP contribution in [0.25, 0.3) is 11.3 Å². The van der Waals surface area contributed by atoms with Crippen molar-refractivity contribution in [1.82, 2.24) is 5.43 Å². The van der Waals surface area contributed by atoms with Crippen molar-refractivity contribution >= 4 is 35.1 Å². The number of carbonyl (C=O) groups is 1. The van der Waals surface area contributed by atoms with Crippen molar-refractivity contribution in [2.75, 3.05) is 0 Å². The van der Waals surface area contributed by atoms with Gasteiger partial charge < -0.3 is 4.42 Å². The van der Waals surface area contributed by atoms with E-state index in [0.717, 1.165) is 16.0 Å². The molecule has 0 radical (unpaired) electrons. The van der Waals surface area contributed by atoms with E-state index in [1.54, 1.807) is 17.4 Å². The van der Waals surface area contributed by atoms with Crippen molar-refractivity contribution in [1.29, 1.82) is 0 Å². The van der Waals surface area contributed by atoms with Crippen molar-refractivity contribution in [2.24, 2.45) is 5.10 Å². The maximum atomic E-state index is 11.7. The predicted molar refractivity (Wildman–Crippen MR) is 97.7 cm³/mol. The Morgan fingerprint density at radius 2 is 2.21 bits per heavy atom. The Morgan fingerprint density at radius 1 is 1.33 bits per heavy atom. The average Bonchev–Trinajstić information content (AvgIpc) is 3.22. The third-order valence-electron chi connectivity index (χ3n) is 3.38. The van der Waals surface area contributed by atoms with E-state index in [0.29, 0.717) is 23.0 Å². The molecule has 0 aliphatic rings. The van der Waals surface area contributed by atoms with Gasteiger partial charge >= 0.3 is 0 Å². The monoisotopic (exact) mass is 358 g/mol. The van der Waals surface area contributed by atoms with Gasteiger partial charge in [-0.15, -0.1) is 11.3 Å². The van der Waals surface area contributed by atoms with Gasteiger partial charge in [0.1, 0.15) is 11.5 Å². The number of carbonyl (C=O) groups excluding carboxylic acids is 1. The summed E-state index contributed by atoms with van der Waals surface area (Å²) in [5.74, 6) is 1.09. The largest absolute Gasteiger partial charge is 0.455 e. The quantitative estimate of drug-likeness (QED) is 0.532. The predicted octanol–water partition coefficient (Wildman–Crippen LogP) is 4.66. The molecular weight excluding hydrogens is 344 g/mol. The molecule has 0 aliphatic heterocycles. The number of hydrazone groups is 1. The van der Waals surface area contributed by atoms with E-state index in [2.05, 4.69) is 10.5 Å². The molecule has 0 bridgehead atoms. The van der Waals surface area contributed by atoms with Crippen LogP contribution >= 0.6 is 22.9 Å². The fraction of sp³-hybridized carbons (Fsp3) is 0.111. The normalized spacial score (nSPS) is 11.1. The van der Waals surface area contributed by atoms with Crippen LogP contribution in [0.2, 0.25) is 5.02 Å². The lowest BCUT2D eigenvalue weighted by Gasteiger charge is -2.00. The highest BCUT2D eigenvalue weighted by molar-refractivity contribution is 7.10. The number of aryl methyl sites for hydroxylation is 1. The van der Waals surface area contributed by atoms with Crippen LogP contribution in [0.4, 0.5) is 0 Å². The maximum absolute atomic E-state index is 11.7. The first kappa shape index (κ1) is 16.5. The fourth-order valence-corrected chi connectivity index (χ4v) is 2.99. The lowest BCUT2D eigenvalue weighted by atomic mass is 10.1. The number of amides is 1. The minimum atomic E-state index is -0.161. The van der Waals surface area contributed by atoms with Gasteiger partial charge in [-0.2, -0.15) is 5.10 Å². The van der Waals surface area contributed by atoms with Crippen LogP contribution in [0.5, 0.6) is 0 Å². The highest BCUT2D eigenvalue weighted by Crippen LogP contribution is 2.26. The van der Waals surface area contributed by atoms with Crippen LogP contribution in [0, 0.1) is 6.92 Å². The van der Waals surface area contributed by atoms with Crippen molar-refractivity contribution in [3.63, 3.8) is 0 Å². The number of benzene rings is 1. The zero-order valence-corrected chi connectivity index (χ0v) is 14.5. The number of hydrogen-bond donors (Lipinski definition) is 1. The minimum Gasteiger partial charge on any atom is -0.455 e. The number of hydrogen-bond acceptors (Lipinski definition) is 4. The Morgan fingerprint density at radius 3 is 2.96 bits per heavy atom. The molecule has 2 aromatic heterocycles. The zero-order chi connectivity index (χ0) is 16.9. The van der Waals surface area contributed by atoms with Gasteiger partial charge in [0.25, 0.3) is 0 Å². The van der Waals surface area contributed by atoms with E-state index in [-0.39, 0.29) is 5.91 Å². The number of furan rings is 1. The Hall–Kier alpha value is -2.37. The number of nitrogens with one attached hydrogen (secondary N) is 1. The van der Waals surface area contributed by atoms with Crippen LogP contribution in [-0.4, -0.2) is 12.1 Å². The number of nitrogens with zero attached hydrogens (tertiary/aromatic N) is 1. The molecule has 4 nitrogen and oxygen atoms in total. The van der Waals surface area contributed by atoms with Crippen LogP contribution < -0.4 is 5.43 Å². The first-order chi connectivity index (χ1) is 11.6. The minimum absolute atomic E-state index is 0.161. The molecule has 122 valence electrons. The van der Waals surface area contributed by atoms with E-state index in [1.807, 2.05) is 48.7 Å². The van der Waals surface area contributed by atoms with E-state index in [9.17, 15) is 4.79 Å². The molecule has 0 spiro atoms. The summed E-state index contributed by atoms with van der Waals surface area (Å²) in [6.45, 7) is 1.95. The molecule has 1 amide bonds. The molecular formula is C18H15ClN2O2S. The highest BCUT2D eigenvalue weighted by Gasteiger charge is 2.06. The van der Waals surface area contributed by atoms with Crippen molar-refractivity contribution in [3.05, 3.63) is 69.1 Å². The highest BCUT2D eigenvalue weighted by atomic mass is 35.5. The van der Waals surface area contributed by atoms with Crippen LogP contribution in [0.15, 0.2) is 57.4 Å². The summed E-state index contributed by atoms with van der Waals surface area (Å²) in [4.78, 5) is 12.7. The molecule has 2 heterocycles. The first-order valence-corrected chi connectivity index (χ1v) is 8.58. The summed E-state index contributed by atoms with van der Waals surface area (Å²) in [6.07, 6.45) is 1.80. The molecule has 24 heavy (non-hydrogen) atoms. The summed E-state index contributed by atoms with van der Waals surface area (Å²) >= 11 is 7.67. The van der Waals surface area contributed by atoms with Crippen LogP contribution in [-0.2, 0) is 11.2 Å². The van der Waals surface area contributed by atoms with Gasteiger partial charge in [-0.3, -0.25) is 4.79 Å². The Balaban J connectivity index is 1.61. The Bertz CT molecular complexity index is 869. The van der Waals surface area contributed by atoms with E-state index in [4.69, 9.17) is 16.0 Å². The van der Waals surface area contributed by atoms with E-state index < -0.39 is 0 Å². The second-order valence-electron chi connectivity index (χ2n) is 5.22. The lowest BCUT2D eigenvalue weighted by Crippen LogP contribution is -2.19. The third-order valence-corrected chi connectivity index (χ3v) is 4.66. The molecule has 6 heteroatoms. The number of thiophene rings is 1. The number of halogens is 1. The molecule has 0 saturated heterocycles. The average molecular weight is 359 g/mol. The molecule has 1 N–H and O–H groups in total. The van der Waals surface area contributed by atoms with E-state index >= 15 is 0 Å². The summed E-state index contributed by atoms with van der Waals surface area (Å²) in [6, 6.07) is 13.2. The topological polar surface area (TPSA) is 54.6 Å². The van der Waals surface area contributed by atoms with Crippen LogP contribution in [0.1, 0.15) is 16.2 Å². The standard InChI is InChI=1S/C18H15ClN2O2S/c1-12-4-5-13(9-16(12)19)17-7-6-14(23-17)11-20-21-18(22)10-15-3-2-8-24-15/h2-9,11H,10H2,1H3,(H,21,22)/b20-11-. The Kier molecular flexibility index (Phi) is 5.13. The third kappa shape index (κ3) is 4.13. The summed E-state index contributed by atoms with van der Waals surface area (Å²) in [5, 5.41) is 6.55. The van der Waals surface area contributed by atoms with Crippen molar-refractivity contribution in [2.45, 2.75) is 13.3 Å². The second kappa shape index (κ2) is 7.47. The first-order valence-electron chi connectivity index (χ1n) is 7.32. The molecule has 3 aromatic rings. The smallest absolute Gasteiger partial charge is 0.245 e. The van der Waals surface area contributed by atoms with Crippen LogP contribution in [0.3, 0.4) is 0 Å². The number of rotatable bonds is 5. The second-order valence-corrected chi connectivity index (χ2v) is 6.65. The zero-order valence-electron chi connectivity index (χ0n) is 13.0. The van der Waals surface area contributed by atoms with Gasteiger partial charge in [-0.05, 0) is 42.1 Å². The maximum Gasteiger partial charge on any atom is 0.245 e. The van der Waals surface area contributed by atoms with Gasteiger partial charge in [0, 0.05) is 15.5 Å². The summed E-state index contributed by atoms with van der Waals surface area (Å²) in [5.41, 5.74) is 4.40. The van der Waals surface area contributed by atoms with E-state index in [1.165, 1.54) is 6.21 Å². The SMILES string of the molecule is Cc1ccc(-c2ccc(/C=N\NC(=O)Cc3cccs3)o2)cc1Cl.